The maximum Gasteiger partial charge on any atom is 0.220 e. The van der Waals surface area contributed by atoms with Gasteiger partial charge in [0.2, 0.25) is 5.91 Å². The topological polar surface area (TPSA) is 54.1 Å². The Morgan fingerprint density at radius 1 is 1.29 bits per heavy atom. The van der Waals surface area contributed by atoms with E-state index in [1.54, 1.807) is 0 Å². The Hall–Kier alpha value is -1.81. The zero-order valence-corrected chi connectivity index (χ0v) is 12.7. The molecule has 0 aliphatic rings. The predicted octanol–water partition coefficient (Wildman–Crippen LogP) is 3.03. The van der Waals surface area contributed by atoms with Crippen LogP contribution in [0.2, 0.25) is 0 Å². The molecule has 4 heteroatoms. The van der Waals surface area contributed by atoms with Gasteiger partial charge in [0, 0.05) is 43.3 Å². The van der Waals surface area contributed by atoms with Gasteiger partial charge in [-0.05, 0) is 30.9 Å². The summed E-state index contributed by atoms with van der Waals surface area (Å²) in [4.78, 5) is 15.0. The van der Waals surface area contributed by atoms with Gasteiger partial charge in [-0.15, -0.1) is 0 Å². The number of benzene rings is 1. The molecular formula is C17H24N2O2. The van der Waals surface area contributed by atoms with Crippen LogP contribution in [0.25, 0.3) is 10.9 Å². The molecule has 0 atom stereocenters. The van der Waals surface area contributed by atoms with Crippen LogP contribution in [-0.2, 0) is 16.0 Å². The third-order valence-corrected chi connectivity index (χ3v) is 3.43. The maximum absolute atomic E-state index is 11.8. The molecule has 1 heterocycles. The van der Waals surface area contributed by atoms with Gasteiger partial charge in [0.25, 0.3) is 0 Å². The van der Waals surface area contributed by atoms with Crippen LogP contribution < -0.4 is 5.32 Å². The van der Waals surface area contributed by atoms with Crippen molar-refractivity contribution in [2.75, 3.05) is 19.8 Å². The summed E-state index contributed by atoms with van der Waals surface area (Å²) >= 11 is 0. The van der Waals surface area contributed by atoms with E-state index in [0.29, 0.717) is 13.0 Å². The van der Waals surface area contributed by atoms with Crippen molar-refractivity contribution in [3.63, 3.8) is 0 Å². The number of nitrogens with one attached hydrogen (secondary N) is 2. The summed E-state index contributed by atoms with van der Waals surface area (Å²) in [6.07, 6.45) is 5.20. The Bertz CT molecular complexity index is 563. The summed E-state index contributed by atoms with van der Waals surface area (Å²) in [6.45, 7) is 4.30. The molecule has 1 amide bonds. The van der Waals surface area contributed by atoms with Gasteiger partial charge in [-0.1, -0.05) is 25.1 Å². The number of amides is 1. The minimum absolute atomic E-state index is 0.107. The van der Waals surface area contributed by atoms with E-state index < -0.39 is 0 Å². The third kappa shape index (κ3) is 4.90. The number of carbonyl (C=O) groups is 1. The van der Waals surface area contributed by atoms with E-state index in [1.165, 1.54) is 10.9 Å². The van der Waals surface area contributed by atoms with E-state index in [-0.39, 0.29) is 5.91 Å². The van der Waals surface area contributed by atoms with Gasteiger partial charge in [-0.3, -0.25) is 4.79 Å². The average Bonchev–Trinajstić information content (AvgIpc) is 2.92. The fraction of sp³-hybridized carbons (Fsp3) is 0.471. The fourth-order valence-electron chi connectivity index (χ4n) is 2.32. The lowest BCUT2D eigenvalue weighted by atomic mass is 10.1. The van der Waals surface area contributed by atoms with Gasteiger partial charge in [0.05, 0.1) is 0 Å². The van der Waals surface area contributed by atoms with Crippen molar-refractivity contribution < 1.29 is 9.53 Å². The summed E-state index contributed by atoms with van der Waals surface area (Å²) in [7, 11) is 0. The summed E-state index contributed by atoms with van der Waals surface area (Å²) < 4.78 is 5.38. The fourth-order valence-corrected chi connectivity index (χ4v) is 2.32. The number of aromatic amines is 1. The zero-order valence-electron chi connectivity index (χ0n) is 12.7. The molecule has 21 heavy (non-hydrogen) atoms. The van der Waals surface area contributed by atoms with Crippen LogP contribution in [0.3, 0.4) is 0 Å². The lowest BCUT2D eigenvalue weighted by Crippen LogP contribution is -2.25. The molecule has 0 radical (unpaired) electrons. The number of fused-ring (bicyclic) bond motifs is 1. The summed E-state index contributed by atoms with van der Waals surface area (Å²) in [5, 5.41) is 4.15. The van der Waals surface area contributed by atoms with Crippen molar-refractivity contribution in [1.82, 2.24) is 10.3 Å². The molecule has 1 aromatic carbocycles. The highest BCUT2D eigenvalue weighted by Crippen LogP contribution is 2.18. The second-order valence-electron chi connectivity index (χ2n) is 5.18. The van der Waals surface area contributed by atoms with Crippen molar-refractivity contribution in [1.29, 1.82) is 0 Å². The molecule has 0 saturated carbocycles. The molecule has 0 aliphatic carbocycles. The van der Waals surface area contributed by atoms with E-state index in [0.717, 1.165) is 38.0 Å². The first kappa shape index (κ1) is 15.6. The third-order valence-electron chi connectivity index (χ3n) is 3.43. The minimum atomic E-state index is 0.107. The number of carbonyl (C=O) groups excluding carboxylic acids is 1. The monoisotopic (exact) mass is 288 g/mol. The number of ether oxygens (including phenoxy) is 1. The first-order chi connectivity index (χ1) is 10.3. The Morgan fingerprint density at radius 2 is 2.14 bits per heavy atom. The molecule has 0 spiro atoms. The maximum atomic E-state index is 11.8. The molecule has 2 aromatic rings. The van der Waals surface area contributed by atoms with Crippen molar-refractivity contribution in [3.8, 4) is 0 Å². The average molecular weight is 288 g/mol. The highest BCUT2D eigenvalue weighted by atomic mass is 16.5. The van der Waals surface area contributed by atoms with Crippen LogP contribution in [0.4, 0.5) is 0 Å². The summed E-state index contributed by atoms with van der Waals surface area (Å²) in [5.74, 6) is 0.107. The first-order valence-electron chi connectivity index (χ1n) is 7.70. The van der Waals surface area contributed by atoms with Crippen LogP contribution in [0.5, 0.6) is 0 Å². The van der Waals surface area contributed by atoms with Crippen molar-refractivity contribution >= 4 is 16.8 Å². The lowest BCUT2D eigenvalue weighted by Gasteiger charge is -2.05. The van der Waals surface area contributed by atoms with Gasteiger partial charge in [0.15, 0.2) is 0 Å². The smallest absolute Gasteiger partial charge is 0.220 e. The van der Waals surface area contributed by atoms with Gasteiger partial charge in [-0.2, -0.15) is 0 Å². The number of aryl methyl sites for hydroxylation is 1. The molecule has 4 nitrogen and oxygen atoms in total. The number of hydrogen-bond donors (Lipinski definition) is 2. The molecule has 2 rings (SSSR count). The Morgan fingerprint density at radius 3 is 3.00 bits per heavy atom. The van der Waals surface area contributed by atoms with Crippen molar-refractivity contribution in [3.05, 3.63) is 36.0 Å². The minimum Gasteiger partial charge on any atom is -0.381 e. The largest absolute Gasteiger partial charge is 0.381 e. The van der Waals surface area contributed by atoms with Gasteiger partial charge in [0.1, 0.15) is 0 Å². The quantitative estimate of drug-likeness (QED) is 0.697. The zero-order chi connectivity index (χ0) is 14.9. The van der Waals surface area contributed by atoms with E-state index in [9.17, 15) is 4.79 Å². The molecule has 0 fully saturated rings. The molecular weight excluding hydrogens is 264 g/mol. The molecule has 1 aromatic heterocycles. The number of aromatic nitrogens is 1. The number of para-hydroxylation sites is 1. The standard InChI is InChI=1S/C17H24N2O2/c1-2-11-21-12-5-10-18-17(20)9-8-14-13-19-16-7-4-3-6-15(14)16/h3-4,6-7,13,19H,2,5,8-12H2,1H3,(H,18,20). The summed E-state index contributed by atoms with van der Waals surface area (Å²) in [6, 6.07) is 8.17. The van der Waals surface area contributed by atoms with Crippen LogP contribution in [-0.4, -0.2) is 30.6 Å². The van der Waals surface area contributed by atoms with Crippen LogP contribution in [0, 0.1) is 0 Å². The van der Waals surface area contributed by atoms with Gasteiger partial charge in [-0.25, -0.2) is 0 Å². The Labute approximate surface area is 125 Å². The summed E-state index contributed by atoms with van der Waals surface area (Å²) in [5.41, 5.74) is 2.33. The molecule has 114 valence electrons. The van der Waals surface area contributed by atoms with E-state index in [2.05, 4.69) is 29.4 Å². The van der Waals surface area contributed by atoms with Crippen LogP contribution >= 0.6 is 0 Å². The molecule has 0 saturated heterocycles. The predicted molar refractivity (Wildman–Crippen MR) is 85.4 cm³/mol. The highest BCUT2D eigenvalue weighted by Gasteiger charge is 2.06. The van der Waals surface area contributed by atoms with Gasteiger partial charge < -0.3 is 15.0 Å². The number of hydrogen-bond acceptors (Lipinski definition) is 2. The molecule has 2 N–H and O–H groups in total. The van der Waals surface area contributed by atoms with E-state index in [4.69, 9.17) is 4.74 Å². The van der Waals surface area contributed by atoms with Crippen LogP contribution in [0.1, 0.15) is 31.7 Å². The highest BCUT2D eigenvalue weighted by molar-refractivity contribution is 5.84. The second kappa shape index (κ2) is 8.47. The van der Waals surface area contributed by atoms with Crippen LogP contribution in [0.15, 0.2) is 30.5 Å². The first-order valence-corrected chi connectivity index (χ1v) is 7.70. The van der Waals surface area contributed by atoms with Gasteiger partial charge >= 0.3 is 0 Å². The Balaban J connectivity index is 1.67. The number of rotatable bonds is 9. The van der Waals surface area contributed by atoms with Crippen molar-refractivity contribution in [2.24, 2.45) is 0 Å². The lowest BCUT2D eigenvalue weighted by molar-refractivity contribution is -0.121. The second-order valence-corrected chi connectivity index (χ2v) is 5.18. The Kier molecular flexibility index (Phi) is 6.28. The molecule has 0 unspecified atom stereocenters. The van der Waals surface area contributed by atoms with E-state index >= 15 is 0 Å². The number of H-pyrrole nitrogens is 1. The molecule has 0 bridgehead atoms. The van der Waals surface area contributed by atoms with E-state index in [1.807, 2.05) is 18.3 Å². The molecule has 0 aliphatic heterocycles. The normalized spacial score (nSPS) is 10.9. The van der Waals surface area contributed by atoms with Crippen molar-refractivity contribution in [2.45, 2.75) is 32.6 Å². The SMILES string of the molecule is CCCOCCCNC(=O)CCc1c[nH]c2ccccc12.